The average molecular weight is 927 g/mol. The van der Waals surface area contributed by atoms with Crippen molar-refractivity contribution in [2.24, 2.45) is 0 Å². The fraction of sp³-hybridized carbons (Fsp3) is 0.784. The minimum Gasteiger partial charge on any atom is -0.457 e. The second kappa shape index (κ2) is 42.2. The number of hydrogen-bond donors (Lipinski definition) is 4. The molecule has 1 heterocycles. The summed E-state index contributed by atoms with van der Waals surface area (Å²) in [4.78, 5) is 12.9. The zero-order valence-corrected chi connectivity index (χ0v) is 40.6. The van der Waals surface area contributed by atoms with E-state index in [1.54, 1.807) is 0 Å². The Labute approximate surface area is 388 Å². The Morgan fingerprint density at radius 1 is 0.594 bits per heavy atom. The van der Waals surface area contributed by atoms with Crippen molar-refractivity contribution >= 4 is 16.4 Å². The van der Waals surface area contributed by atoms with Gasteiger partial charge < -0.3 is 34.3 Å². The SMILES string of the molecule is CCCCC/C=C\C/C=C\C/C=C\CCCCCCCCCOCC(COC1OC(CO)C(O)C(OS(=O)(=O)O)C1O)OC(=O)CCCCCCCCC/C=C\C/C=C\CCCCC. The molecule has 0 aliphatic carbocycles. The molecule has 0 aromatic heterocycles. The van der Waals surface area contributed by atoms with Gasteiger partial charge in [-0.25, -0.2) is 4.18 Å². The van der Waals surface area contributed by atoms with Gasteiger partial charge in [0.05, 0.1) is 19.8 Å². The highest BCUT2D eigenvalue weighted by atomic mass is 32.3. The summed E-state index contributed by atoms with van der Waals surface area (Å²) in [6.07, 6.45) is 43.8. The van der Waals surface area contributed by atoms with Crippen LogP contribution in [0, 0.1) is 0 Å². The van der Waals surface area contributed by atoms with E-state index < -0.39 is 59.8 Å². The van der Waals surface area contributed by atoms with Crippen LogP contribution >= 0.6 is 0 Å². The van der Waals surface area contributed by atoms with Crippen LogP contribution < -0.4 is 0 Å². The lowest BCUT2D eigenvalue weighted by molar-refractivity contribution is -0.301. The minimum absolute atomic E-state index is 0.0238. The number of carbonyl (C=O) groups excluding carboxylic acids is 1. The standard InChI is InChI=1S/C51H90O12S/c1-3-5-7-9-11-13-15-17-19-21-22-23-25-27-29-31-33-35-37-39-41-59-43-45(44-60-51-49(55)50(63-64(56,57)58)48(54)46(42-52)62-51)61-47(53)40-38-36-34-32-30-28-26-24-20-18-16-14-12-10-8-6-4-2/h11-14,17-20,22-23,45-46,48-52,54-55H,3-10,15-16,21,24-44H2,1-2H3,(H,56,57,58)/b13-11-,14-12-,19-17-,20-18-,23-22-. The number of esters is 1. The van der Waals surface area contributed by atoms with Crippen molar-refractivity contribution in [1.82, 2.24) is 0 Å². The van der Waals surface area contributed by atoms with Gasteiger partial charge in [0.2, 0.25) is 0 Å². The van der Waals surface area contributed by atoms with Gasteiger partial charge in [-0.15, -0.1) is 0 Å². The Balaban J connectivity index is 2.40. The fourth-order valence-corrected chi connectivity index (χ4v) is 7.81. The molecule has 6 atom stereocenters. The maximum Gasteiger partial charge on any atom is 0.397 e. The summed E-state index contributed by atoms with van der Waals surface area (Å²) in [5, 5.41) is 30.7. The normalized spacial score (nSPS) is 20.2. The number of ether oxygens (including phenoxy) is 4. The first kappa shape index (κ1) is 59.8. The molecule has 4 N–H and O–H groups in total. The molecular weight excluding hydrogens is 837 g/mol. The Hall–Kier alpha value is -2.20. The molecule has 64 heavy (non-hydrogen) atoms. The molecule has 6 unspecified atom stereocenters. The maximum atomic E-state index is 12.9. The van der Waals surface area contributed by atoms with Crippen LogP contribution in [0.2, 0.25) is 0 Å². The molecule has 1 rings (SSSR count). The number of unbranched alkanes of at least 4 members (excludes halogenated alkanes) is 20. The van der Waals surface area contributed by atoms with Crippen molar-refractivity contribution < 1.29 is 56.2 Å². The fourth-order valence-electron chi connectivity index (χ4n) is 7.30. The van der Waals surface area contributed by atoms with Crippen LogP contribution in [0.5, 0.6) is 0 Å². The summed E-state index contributed by atoms with van der Waals surface area (Å²) in [7, 11) is -5.07. The summed E-state index contributed by atoms with van der Waals surface area (Å²) in [6.45, 7) is 3.91. The molecule has 0 aromatic carbocycles. The quantitative estimate of drug-likeness (QED) is 0.0197. The van der Waals surface area contributed by atoms with Crippen LogP contribution in [0.15, 0.2) is 60.8 Å². The zero-order valence-electron chi connectivity index (χ0n) is 39.8. The predicted molar refractivity (Wildman–Crippen MR) is 257 cm³/mol. The smallest absolute Gasteiger partial charge is 0.397 e. The van der Waals surface area contributed by atoms with E-state index in [1.165, 1.54) is 89.9 Å². The lowest BCUT2D eigenvalue weighted by Crippen LogP contribution is -2.60. The molecule has 0 spiro atoms. The minimum atomic E-state index is -5.07. The number of rotatable bonds is 43. The molecule has 0 radical (unpaired) electrons. The van der Waals surface area contributed by atoms with Crippen molar-refractivity contribution in [2.45, 2.75) is 230 Å². The first-order valence-electron chi connectivity index (χ1n) is 25.0. The summed E-state index contributed by atoms with van der Waals surface area (Å²) in [5.74, 6) is -0.412. The highest BCUT2D eigenvalue weighted by Crippen LogP contribution is 2.26. The molecular formula is C51H90O12S. The van der Waals surface area contributed by atoms with Gasteiger partial charge in [0.1, 0.15) is 30.5 Å². The summed E-state index contributed by atoms with van der Waals surface area (Å²) in [5.41, 5.74) is 0. The van der Waals surface area contributed by atoms with Gasteiger partial charge in [-0.05, 0) is 83.5 Å². The highest BCUT2D eigenvalue weighted by Gasteiger charge is 2.48. The second-order valence-electron chi connectivity index (χ2n) is 17.0. The van der Waals surface area contributed by atoms with E-state index in [2.05, 4.69) is 78.8 Å². The molecule has 1 aliphatic heterocycles. The van der Waals surface area contributed by atoms with Crippen molar-refractivity contribution in [3.05, 3.63) is 60.8 Å². The number of allylic oxidation sites excluding steroid dienone is 10. The van der Waals surface area contributed by atoms with Crippen molar-refractivity contribution in [1.29, 1.82) is 0 Å². The molecule has 1 aliphatic rings. The van der Waals surface area contributed by atoms with Crippen LogP contribution in [0.1, 0.15) is 194 Å². The van der Waals surface area contributed by atoms with Gasteiger partial charge in [-0.2, -0.15) is 8.42 Å². The van der Waals surface area contributed by atoms with E-state index in [4.69, 9.17) is 18.9 Å². The van der Waals surface area contributed by atoms with Gasteiger partial charge in [0.25, 0.3) is 0 Å². The van der Waals surface area contributed by atoms with E-state index >= 15 is 0 Å². The largest absolute Gasteiger partial charge is 0.457 e. The molecule has 0 aromatic rings. The monoisotopic (exact) mass is 927 g/mol. The third-order valence-corrected chi connectivity index (χ3v) is 11.6. The highest BCUT2D eigenvalue weighted by molar-refractivity contribution is 7.80. The van der Waals surface area contributed by atoms with E-state index in [9.17, 15) is 33.1 Å². The first-order valence-corrected chi connectivity index (χ1v) is 26.4. The number of carbonyl (C=O) groups is 1. The molecule has 1 fully saturated rings. The van der Waals surface area contributed by atoms with Crippen LogP contribution in [-0.2, 0) is 38.3 Å². The van der Waals surface area contributed by atoms with Crippen LogP contribution in [0.3, 0.4) is 0 Å². The molecule has 0 bridgehead atoms. The molecule has 0 amide bonds. The number of hydrogen-bond acceptors (Lipinski definition) is 11. The van der Waals surface area contributed by atoms with E-state index in [0.717, 1.165) is 77.0 Å². The maximum absolute atomic E-state index is 12.9. The van der Waals surface area contributed by atoms with Gasteiger partial charge in [-0.1, -0.05) is 164 Å². The van der Waals surface area contributed by atoms with Crippen molar-refractivity contribution in [3.8, 4) is 0 Å². The predicted octanol–water partition coefficient (Wildman–Crippen LogP) is 11.3. The molecule has 13 heteroatoms. The zero-order chi connectivity index (χ0) is 46.8. The third kappa shape index (κ3) is 35.1. The van der Waals surface area contributed by atoms with Gasteiger partial charge in [0.15, 0.2) is 6.29 Å². The molecule has 1 saturated heterocycles. The summed E-state index contributed by atoms with van der Waals surface area (Å²) in [6, 6.07) is 0. The van der Waals surface area contributed by atoms with Crippen LogP contribution in [0.4, 0.5) is 0 Å². The molecule has 12 nitrogen and oxygen atoms in total. The van der Waals surface area contributed by atoms with E-state index in [0.29, 0.717) is 13.0 Å². The van der Waals surface area contributed by atoms with E-state index in [-0.39, 0.29) is 19.6 Å². The lowest BCUT2D eigenvalue weighted by Gasteiger charge is -2.41. The van der Waals surface area contributed by atoms with Crippen LogP contribution in [0.25, 0.3) is 0 Å². The lowest BCUT2D eigenvalue weighted by atomic mass is 9.99. The molecule has 372 valence electrons. The molecule has 0 saturated carbocycles. The Kier molecular flexibility index (Phi) is 39.4. The second-order valence-corrected chi connectivity index (χ2v) is 18.1. The van der Waals surface area contributed by atoms with Crippen molar-refractivity contribution in [2.75, 3.05) is 26.4 Å². The van der Waals surface area contributed by atoms with Crippen LogP contribution in [-0.4, -0.2) is 97.5 Å². The summed E-state index contributed by atoms with van der Waals surface area (Å²) >= 11 is 0. The Bertz CT molecular complexity index is 1350. The van der Waals surface area contributed by atoms with Gasteiger partial charge >= 0.3 is 16.4 Å². The Morgan fingerprint density at radius 3 is 1.50 bits per heavy atom. The first-order chi connectivity index (χ1) is 31.1. The average Bonchev–Trinajstić information content (AvgIpc) is 3.27. The third-order valence-electron chi connectivity index (χ3n) is 11.1. The van der Waals surface area contributed by atoms with E-state index in [1.807, 2.05) is 0 Å². The van der Waals surface area contributed by atoms with Gasteiger partial charge in [-0.3, -0.25) is 9.35 Å². The Morgan fingerprint density at radius 2 is 1.03 bits per heavy atom. The number of aliphatic hydroxyl groups excluding tert-OH is 3. The van der Waals surface area contributed by atoms with Crippen molar-refractivity contribution in [3.63, 3.8) is 0 Å². The summed E-state index contributed by atoms with van der Waals surface area (Å²) < 4.78 is 59.2. The number of aliphatic hydroxyl groups is 3. The van der Waals surface area contributed by atoms with Gasteiger partial charge in [0, 0.05) is 13.0 Å². The topological polar surface area (TPSA) is 178 Å².